The fraction of sp³-hybridized carbons (Fsp3) is 0.235. The average molecular weight is 270 g/mol. The summed E-state index contributed by atoms with van der Waals surface area (Å²) < 4.78 is 10.5. The maximum atomic E-state index is 11.3. The van der Waals surface area contributed by atoms with Gasteiger partial charge in [0.2, 0.25) is 0 Å². The molecule has 0 heterocycles. The lowest BCUT2D eigenvalue weighted by Crippen LogP contribution is -2.03. The molecule has 0 aromatic heterocycles. The van der Waals surface area contributed by atoms with Crippen LogP contribution in [0.4, 0.5) is 0 Å². The Morgan fingerprint density at radius 3 is 2.65 bits per heavy atom. The molecular weight excluding hydrogens is 252 g/mol. The molecule has 3 heteroatoms. The van der Waals surface area contributed by atoms with Crippen molar-refractivity contribution in [3.05, 3.63) is 54.1 Å². The fourth-order valence-electron chi connectivity index (χ4n) is 1.98. The topological polar surface area (TPSA) is 35.5 Å². The first-order valence-corrected chi connectivity index (χ1v) is 6.62. The summed E-state index contributed by atoms with van der Waals surface area (Å²) in [5, 5.41) is 0. The number of hydrogen-bond donors (Lipinski definition) is 0. The number of carbonyl (C=O) groups is 1. The van der Waals surface area contributed by atoms with Gasteiger partial charge in [0, 0.05) is 6.42 Å². The van der Waals surface area contributed by atoms with Crippen molar-refractivity contribution in [3.8, 4) is 16.9 Å². The predicted octanol–water partition coefficient (Wildman–Crippen LogP) is 3.82. The van der Waals surface area contributed by atoms with E-state index in [1.54, 1.807) is 14.0 Å². The second kappa shape index (κ2) is 6.75. The lowest BCUT2D eigenvalue weighted by atomic mass is 10.00. The highest BCUT2D eigenvalue weighted by molar-refractivity contribution is 5.71. The van der Waals surface area contributed by atoms with Crippen molar-refractivity contribution in [2.75, 3.05) is 7.11 Å². The summed E-state index contributed by atoms with van der Waals surface area (Å²) in [7, 11) is 1.65. The molecule has 0 saturated carbocycles. The van der Waals surface area contributed by atoms with Gasteiger partial charge in [-0.3, -0.25) is 4.79 Å². The van der Waals surface area contributed by atoms with E-state index in [1.807, 2.05) is 48.5 Å². The molecule has 0 N–H and O–H groups in total. The van der Waals surface area contributed by atoms with E-state index in [0.717, 1.165) is 22.4 Å². The highest BCUT2D eigenvalue weighted by Crippen LogP contribution is 2.27. The summed E-state index contributed by atoms with van der Waals surface area (Å²) in [4.78, 5) is 11.3. The van der Waals surface area contributed by atoms with Crippen molar-refractivity contribution >= 4 is 5.97 Å². The van der Waals surface area contributed by atoms with Crippen LogP contribution in [0.2, 0.25) is 0 Å². The molecule has 0 aliphatic rings. The summed E-state index contributed by atoms with van der Waals surface area (Å²) in [6.07, 6.45) is 0.390. The van der Waals surface area contributed by atoms with Crippen LogP contribution in [0.3, 0.4) is 0 Å². The molecule has 0 unspecified atom stereocenters. The third-order valence-electron chi connectivity index (χ3n) is 3.08. The van der Waals surface area contributed by atoms with Crippen LogP contribution >= 0.6 is 0 Å². The maximum absolute atomic E-state index is 11.3. The Labute approximate surface area is 119 Å². The molecule has 0 bridgehead atoms. The third-order valence-corrected chi connectivity index (χ3v) is 3.08. The van der Waals surface area contributed by atoms with Crippen molar-refractivity contribution in [2.45, 2.75) is 20.0 Å². The first-order chi connectivity index (χ1) is 9.74. The van der Waals surface area contributed by atoms with Gasteiger partial charge in [0.15, 0.2) is 0 Å². The van der Waals surface area contributed by atoms with Crippen LogP contribution in [-0.4, -0.2) is 13.1 Å². The van der Waals surface area contributed by atoms with Crippen molar-refractivity contribution < 1.29 is 14.3 Å². The Kier molecular flexibility index (Phi) is 4.77. The lowest BCUT2D eigenvalue weighted by molar-refractivity contribution is -0.144. The summed E-state index contributed by atoms with van der Waals surface area (Å²) in [5.74, 6) is 0.619. The highest BCUT2D eigenvalue weighted by atomic mass is 16.5. The number of benzene rings is 2. The SMILES string of the molecule is CCC(=O)OCc1ccccc1-c1cccc(OC)c1. The first-order valence-electron chi connectivity index (χ1n) is 6.62. The van der Waals surface area contributed by atoms with Gasteiger partial charge in [0.25, 0.3) is 0 Å². The number of carbonyl (C=O) groups excluding carboxylic acids is 1. The van der Waals surface area contributed by atoms with Gasteiger partial charge in [-0.15, -0.1) is 0 Å². The molecule has 104 valence electrons. The minimum absolute atomic E-state index is 0.189. The van der Waals surface area contributed by atoms with Gasteiger partial charge in [-0.2, -0.15) is 0 Å². The molecule has 0 amide bonds. The van der Waals surface area contributed by atoms with Crippen LogP contribution < -0.4 is 4.74 Å². The van der Waals surface area contributed by atoms with E-state index < -0.39 is 0 Å². The van der Waals surface area contributed by atoms with E-state index in [-0.39, 0.29) is 5.97 Å². The molecule has 2 aromatic rings. The molecular formula is C17H18O3. The predicted molar refractivity (Wildman–Crippen MR) is 78.5 cm³/mol. The largest absolute Gasteiger partial charge is 0.497 e. The van der Waals surface area contributed by atoms with Gasteiger partial charge in [-0.25, -0.2) is 0 Å². The normalized spacial score (nSPS) is 10.1. The summed E-state index contributed by atoms with van der Waals surface area (Å²) in [6, 6.07) is 15.7. The minimum atomic E-state index is -0.189. The number of ether oxygens (including phenoxy) is 2. The highest BCUT2D eigenvalue weighted by Gasteiger charge is 2.07. The molecule has 20 heavy (non-hydrogen) atoms. The molecule has 0 aliphatic heterocycles. The van der Waals surface area contributed by atoms with Crippen molar-refractivity contribution in [1.82, 2.24) is 0 Å². The van der Waals surface area contributed by atoms with Gasteiger partial charge < -0.3 is 9.47 Å². The van der Waals surface area contributed by atoms with Crippen molar-refractivity contribution in [2.24, 2.45) is 0 Å². The third kappa shape index (κ3) is 3.38. The Balaban J connectivity index is 2.29. The van der Waals surface area contributed by atoms with Crippen LogP contribution in [0.25, 0.3) is 11.1 Å². The van der Waals surface area contributed by atoms with E-state index in [0.29, 0.717) is 13.0 Å². The molecule has 0 aliphatic carbocycles. The maximum Gasteiger partial charge on any atom is 0.305 e. The second-order valence-electron chi connectivity index (χ2n) is 4.40. The molecule has 2 rings (SSSR count). The summed E-state index contributed by atoms with van der Waals surface area (Å²) >= 11 is 0. The number of rotatable bonds is 5. The smallest absolute Gasteiger partial charge is 0.305 e. The van der Waals surface area contributed by atoms with Gasteiger partial charge >= 0.3 is 5.97 Å². The van der Waals surface area contributed by atoms with E-state index >= 15 is 0 Å². The van der Waals surface area contributed by atoms with Gasteiger partial charge in [0.1, 0.15) is 12.4 Å². The number of esters is 1. The Bertz CT molecular complexity index is 590. The minimum Gasteiger partial charge on any atom is -0.497 e. The second-order valence-corrected chi connectivity index (χ2v) is 4.40. The van der Waals surface area contributed by atoms with Gasteiger partial charge in [-0.05, 0) is 28.8 Å². The molecule has 3 nitrogen and oxygen atoms in total. The van der Waals surface area contributed by atoms with E-state index in [4.69, 9.17) is 9.47 Å². The zero-order valence-corrected chi connectivity index (χ0v) is 11.8. The molecule has 0 radical (unpaired) electrons. The Hall–Kier alpha value is -2.29. The average Bonchev–Trinajstić information content (AvgIpc) is 2.52. The Morgan fingerprint density at radius 1 is 1.10 bits per heavy atom. The van der Waals surface area contributed by atoms with Crippen LogP contribution in [0.5, 0.6) is 5.75 Å². The molecule has 0 saturated heterocycles. The lowest BCUT2D eigenvalue weighted by Gasteiger charge is -2.11. The standard InChI is InChI=1S/C17H18O3/c1-3-17(18)20-12-14-7-4-5-10-16(14)13-8-6-9-15(11-13)19-2/h4-11H,3,12H2,1-2H3. The van der Waals surface area contributed by atoms with Crippen LogP contribution in [0.1, 0.15) is 18.9 Å². The zero-order chi connectivity index (χ0) is 14.4. The molecule has 0 spiro atoms. The van der Waals surface area contributed by atoms with Gasteiger partial charge in [0.05, 0.1) is 7.11 Å². The van der Waals surface area contributed by atoms with Gasteiger partial charge in [-0.1, -0.05) is 43.3 Å². The Morgan fingerprint density at radius 2 is 1.90 bits per heavy atom. The molecule has 2 aromatic carbocycles. The molecule has 0 atom stereocenters. The fourth-order valence-corrected chi connectivity index (χ4v) is 1.98. The van der Waals surface area contributed by atoms with Crippen LogP contribution in [0.15, 0.2) is 48.5 Å². The quantitative estimate of drug-likeness (QED) is 0.775. The monoisotopic (exact) mass is 270 g/mol. The first kappa shape index (κ1) is 14.1. The number of methoxy groups -OCH3 is 1. The van der Waals surface area contributed by atoms with Crippen molar-refractivity contribution in [1.29, 1.82) is 0 Å². The van der Waals surface area contributed by atoms with Crippen LogP contribution in [-0.2, 0) is 16.1 Å². The van der Waals surface area contributed by atoms with E-state index in [9.17, 15) is 4.79 Å². The zero-order valence-electron chi connectivity index (χ0n) is 11.8. The summed E-state index contributed by atoms with van der Waals surface area (Å²) in [5.41, 5.74) is 3.09. The van der Waals surface area contributed by atoms with E-state index in [2.05, 4.69) is 0 Å². The summed E-state index contributed by atoms with van der Waals surface area (Å²) in [6.45, 7) is 2.08. The molecule has 0 fully saturated rings. The number of hydrogen-bond acceptors (Lipinski definition) is 3. The van der Waals surface area contributed by atoms with E-state index in [1.165, 1.54) is 0 Å². The van der Waals surface area contributed by atoms with Crippen LogP contribution in [0, 0.1) is 0 Å². The van der Waals surface area contributed by atoms with Crippen molar-refractivity contribution in [3.63, 3.8) is 0 Å².